The molecule has 4 nitrogen and oxygen atoms in total. The molecule has 18 heavy (non-hydrogen) atoms. The first-order chi connectivity index (χ1) is 8.45. The van der Waals surface area contributed by atoms with E-state index < -0.39 is 5.82 Å². The van der Waals surface area contributed by atoms with Crippen molar-refractivity contribution in [3.63, 3.8) is 0 Å². The molecule has 0 fully saturated rings. The molecular formula is C12H15FN2O2S. The van der Waals surface area contributed by atoms with Crippen molar-refractivity contribution in [1.82, 2.24) is 0 Å². The van der Waals surface area contributed by atoms with Crippen LogP contribution in [0.2, 0.25) is 0 Å². The molecule has 0 saturated heterocycles. The van der Waals surface area contributed by atoms with Crippen molar-refractivity contribution >= 4 is 28.9 Å². The number of rotatable bonds is 5. The summed E-state index contributed by atoms with van der Waals surface area (Å²) in [5.41, 5.74) is 6.24. The average Bonchev–Trinajstić information content (AvgIpc) is 2.34. The highest BCUT2D eigenvalue weighted by atomic mass is 32.1. The second-order valence-electron chi connectivity index (χ2n) is 3.78. The normalized spacial score (nSPS) is 9.94. The summed E-state index contributed by atoms with van der Waals surface area (Å²) in [6.45, 7) is 0.443. The molecule has 0 amide bonds. The van der Waals surface area contributed by atoms with Crippen LogP contribution in [0.5, 0.6) is 0 Å². The van der Waals surface area contributed by atoms with Gasteiger partial charge in [-0.3, -0.25) is 4.79 Å². The highest BCUT2D eigenvalue weighted by Gasteiger charge is 2.09. The van der Waals surface area contributed by atoms with Gasteiger partial charge < -0.3 is 15.4 Å². The van der Waals surface area contributed by atoms with Gasteiger partial charge in [0.15, 0.2) is 0 Å². The van der Waals surface area contributed by atoms with Crippen LogP contribution < -0.4 is 10.6 Å². The Morgan fingerprint density at radius 3 is 2.72 bits per heavy atom. The molecule has 98 valence electrons. The van der Waals surface area contributed by atoms with Crippen molar-refractivity contribution in [2.24, 2.45) is 5.73 Å². The number of nitrogens with zero attached hydrogens (tertiary/aromatic N) is 1. The maximum atomic E-state index is 13.6. The van der Waals surface area contributed by atoms with Gasteiger partial charge in [-0.05, 0) is 18.2 Å². The summed E-state index contributed by atoms with van der Waals surface area (Å²) in [5, 5.41) is 0. The van der Waals surface area contributed by atoms with E-state index in [1.165, 1.54) is 19.2 Å². The Labute approximate surface area is 111 Å². The van der Waals surface area contributed by atoms with Gasteiger partial charge in [-0.25, -0.2) is 4.39 Å². The summed E-state index contributed by atoms with van der Waals surface area (Å²) in [6, 6.07) is 4.57. The number of carbonyl (C=O) groups excluding carboxylic acids is 1. The lowest BCUT2D eigenvalue weighted by Gasteiger charge is -2.19. The number of hydrogen-bond acceptors (Lipinski definition) is 4. The fourth-order valence-corrected chi connectivity index (χ4v) is 1.60. The Hall–Kier alpha value is -1.69. The Balaban J connectivity index is 2.75. The van der Waals surface area contributed by atoms with Crippen molar-refractivity contribution in [3.8, 4) is 0 Å². The van der Waals surface area contributed by atoms with Crippen molar-refractivity contribution in [1.29, 1.82) is 0 Å². The van der Waals surface area contributed by atoms with Gasteiger partial charge >= 0.3 is 5.97 Å². The van der Waals surface area contributed by atoms with Gasteiger partial charge in [0.05, 0.1) is 13.5 Å². The molecule has 0 spiro atoms. The predicted molar refractivity (Wildman–Crippen MR) is 72.2 cm³/mol. The minimum absolute atomic E-state index is 0.0243. The summed E-state index contributed by atoms with van der Waals surface area (Å²) in [5.74, 6) is -0.771. The molecule has 1 aromatic carbocycles. The monoisotopic (exact) mass is 270 g/mol. The number of nitrogens with two attached hydrogens (primary N) is 1. The van der Waals surface area contributed by atoms with Crippen LogP contribution >= 0.6 is 12.2 Å². The number of ether oxygens (including phenoxy) is 1. The average molecular weight is 270 g/mol. The molecule has 0 saturated carbocycles. The summed E-state index contributed by atoms with van der Waals surface area (Å²) in [4.78, 5) is 12.8. The summed E-state index contributed by atoms with van der Waals surface area (Å²) < 4.78 is 18.2. The zero-order chi connectivity index (χ0) is 13.7. The number of benzene rings is 1. The van der Waals surface area contributed by atoms with Crippen LogP contribution in [-0.2, 0) is 9.53 Å². The maximum absolute atomic E-state index is 13.6. The first-order valence-corrected chi connectivity index (χ1v) is 5.74. The van der Waals surface area contributed by atoms with Crippen LogP contribution in [0, 0.1) is 5.82 Å². The van der Waals surface area contributed by atoms with Gasteiger partial charge in [0.2, 0.25) is 0 Å². The van der Waals surface area contributed by atoms with Crippen LogP contribution in [0.3, 0.4) is 0 Å². The van der Waals surface area contributed by atoms with Gasteiger partial charge in [-0.2, -0.15) is 0 Å². The smallest absolute Gasteiger partial charge is 0.307 e. The quantitative estimate of drug-likeness (QED) is 0.648. The van der Waals surface area contributed by atoms with E-state index in [0.29, 0.717) is 12.2 Å². The summed E-state index contributed by atoms with van der Waals surface area (Å²) >= 11 is 4.72. The predicted octanol–water partition coefficient (Wildman–Crippen LogP) is 1.46. The Kier molecular flexibility index (Phi) is 5.03. The molecule has 0 aromatic heterocycles. The zero-order valence-corrected chi connectivity index (χ0v) is 11.1. The minimum Gasteiger partial charge on any atom is -0.469 e. The number of hydrogen-bond donors (Lipinski definition) is 1. The van der Waals surface area contributed by atoms with Crippen LogP contribution in [0.1, 0.15) is 12.0 Å². The fourth-order valence-electron chi connectivity index (χ4n) is 1.43. The molecule has 0 aliphatic carbocycles. The largest absolute Gasteiger partial charge is 0.469 e. The number of methoxy groups -OCH3 is 1. The van der Waals surface area contributed by atoms with E-state index in [-0.39, 0.29) is 22.9 Å². The molecule has 0 unspecified atom stereocenters. The van der Waals surface area contributed by atoms with Gasteiger partial charge in [0.25, 0.3) is 0 Å². The molecule has 1 rings (SSSR count). The van der Waals surface area contributed by atoms with E-state index in [2.05, 4.69) is 4.74 Å². The minimum atomic E-state index is -0.468. The van der Waals surface area contributed by atoms with Crippen LogP contribution in [0.25, 0.3) is 0 Å². The number of thiocarbonyl (C=S) groups is 1. The Morgan fingerprint density at radius 2 is 2.22 bits per heavy atom. The van der Waals surface area contributed by atoms with E-state index in [4.69, 9.17) is 18.0 Å². The van der Waals surface area contributed by atoms with Gasteiger partial charge in [0, 0.05) is 24.8 Å². The standard InChI is InChI=1S/C12H15FN2O2S/c1-15(6-5-11(16)17-2)8-3-4-9(12(14)18)10(13)7-8/h3-4,7H,5-6H2,1-2H3,(H2,14,18). The summed E-state index contributed by atoms with van der Waals surface area (Å²) in [6.07, 6.45) is 0.242. The number of esters is 1. The number of halogens is 1. The molecule has 1 aromatic rings. The molecule has 0 radical (unpaired) electrons. The third-order valence-corrected chi connectivity index (χ3v) is 2.76. The van der Waals surface area contributed by atoms with E-state index in [1.54, 1.807) is 18.0 Å². The maximum Gasteiger partial charge on any atom is 0.307 e. The van der Waals surface area contributed by atoms with Crippen LogP contribution in [-0.4, -0.2) is 31.7 Å². The molecule has 2 N–H and O–H groups in total. The highest BCUT2D eigenvalue weighted by Crippen LogP contribution is 2.18. The Morgan fingerprint density at radius 1 is 1.56 bits per heavy atom. The highest BCUT2D eigenvalue weighted by molar-refractivity contribution is 7.80. The second-order valence-corrected chi connectivity index (χ2v) is 4.22. The van der Waals surface area contributed by atoms with Crippen LogP contribution in [0.15, 0.2) is 18.2 Å². The van der Waals surface area contributed by atoms with E-state index >= 15 is 0 Å². The Bertz CT molecular complexity index is 465. The van der Waals surface area contributed by atoms with E-state index in [0.717, 1.165) is 0 Å². The van der Waals surface area contributed by atoms with Crippen molar-refractivity contribution in [2.75, 3.05) is 25.6 Å². The van der Waals surface area contributed by atoms with E-state index in [1.807, 2.05) is 0 Å². The molecular weight excluding hydrogens is 255 g/mol. The van der Waals surface area contributed by atoms with Crippen LogP contribution in [0.4, 0.5) is 10.1 Å². The zero-order valence-electron chi connectivity index (χ0n) is 10.3. The third kappa shape index (κ3) is 3.66. The molecule has 0 heterocycles. The second kappa shape index (κ2) is 6.30. The molecule has 0 bridgehead atoms. The third-order valence-electron chi connectivity index (χ3n) is 2.54. The van der Waals surface area contributed by atoms with Gasteiger partial charge in [0.1, 0.15) is 10.8 Å². The van der Waals surface area contributed by atoms with Crippen molar-refractivity contribution in [3.05, 3.63) is 29.6 Å². The van der Waals surface area contributed by atoms with Crippen molar-refractivity contribution < 1.29 is 13.9 Å². The fraction of sp³-hybridized carbons (Fsp3) is 0.333. The van der Waals surface area contributed by atoms with Gasteiger partial charge in [-0.15, -0.1) is 0 Å². The number of anilines is 1. The molecule has 6 heteroatoms. The van der Waals surface area contributed by atoms with Gasteiger partial charge in [-0.1, -0.05) is 12.2 Å². The first kappa shape index (κ1) is 14.4. The first-order valence-electron chi connectivity index (χ1n) is 5.33. The summed E-state index contributed by atoms with van der Waals surface area (Å²) in [7, 11) is 3.09. The molecule has 0 aliphatic heterocycles. The van der Waals surface area contributed by atoms with Crippen molar-refractivity contribution in [2.45, 2.75) is 6.42 Å². The lowest BCUT2D eigenvalue weighted by atomic mass is 10.2. The number of carbonyl (C=O) groups is 1. The lowest BCUT2D eigenvalue weighted by molar-refractivity contribution is -0.140. The van der Waals surface area contributed by atoms with E-state index in [9.17, 15) is 9.18 Å². The SMILES string of the molecule is COC(=O)CCN(C)c1ccc(C(N)=S)c(F)c1. The topological polar surface area (TPSA) is 55.6 Å². The molecule has 0 aliphatic rings. The molecule has 0 atom stereocenters. The lowest BCUT2D eigenvalue weighted by Crippen LogP contribution is -2.22.